The lowest BCUT2D eigenvalue weighted by atomic mass is 10.3. The molecule has 1 saturated heterocycles. The molecule has 130 valence electrons. The summed E-state index contributed by atoms with van der Waals surface area (Å²) >= 11 is 1.74. The maximum Gasteiger partial charge on any atom is 0.194 e. The van der Waals surface area contributed by atoms with Gasteiger partial charge in [0.2, 0.25) is 0 Å². The third-order valence-corrected chi connectivity index (χ3v) is 5.24. The zero-order valence-electron chi connectivity index (χ0n) is 14.4. The topological polar surface area (TPSA) is 69.8 Å². The van der Waals surface area contributed by atoms with Crippen LogP contribution in [0.2, 0.25) is 0 Å². The first-order valence-electron chi connectivity index (χ1n) is 8.16. The van der Waals surface area contributed by atoms with Crippen LogP contribution in [0.3, 0.4) is 0 Å². The van der Waals surface area contributed by atoms with E-state index in [1.807, 2.05) is 20.0 Å². The van der Waals surface area contributed by atoms with Crippen molar-refractivity contribution in [3.8, 4) is 0 Å². The number of nitrogens with one attached hydrogen (secondary N) is 1. The fourth-order valence-corrected chi connectivity index (χ4v) is 3.77. The molecule has 3 rings (SSSR count). The van der Waals surface area contributed by atoms with E-state index in [1.165, 1.54) is 4.88 Å². The van der Waals surface area contributed by atoms with E-state index >= 15 is 0 Å². The Morgan fingerprint density at radius 2 is 2.12 bits per heavy atom. The monoisotopic (exact) mass is 348 g/mol. The number of hydrogen-bond donors (Lipinski definition) is 1. The van der Waals surface area contributed by atoms with Crippen molar-refractivity contribution in [1.82, 2.24) is 25.3 Å². The summed E-state index contributed by atoms with van der Waals surface area (Å²) in [7, 11) is 1.84. The van der Waals surface area contributed by atoms with Crippen LogP contribution in [0.5, 0.6) is 0 Å². The lowest BCUT2D eigenvalue weighted by Crippen LogP contribution is -2.52. The Labute approximate surface area is 146 Å². The molecule has 3 heterocycles. The second-order valence-electron chi connectivity index (χ2n) is 5.90. The fourth-order valence-electron chi connectivity index (χ4n) is 2.90. The maximum atomic E-state index is 4.90. The van der Waals surface area contributed by atoms with E-state index in [4.69, 9.17) is 4.52 Å². The van der Waals surface area contributed by atoms with Crippen molar-refractivity contribution in [3.63, 3.8) is 0 Å². The summed E-state index contributed by atoms with van der Waals surface area (Å²) in [5.41, 5.74) is 2.10. The summed E-state index contributed by atoms with van der Waals surface area (Å²) in [6.45, 7) is 9.63. The molecule has 1 N–H and O–H groups in total. The van der Waals surface area contributed by atoms with Crippen LogP contribution in [0.1, 0.15) is 21.3 Å². The van der Waals surface area contributed by atoms with Gasteiger partial charge < -0.3 is 14.7 Å². The van der Waals surface area contributed by atoms with Crippen molar-refractivity contribution in [2.24, 2.45) is 4.99 Å². The minimum absolute atomic E-state index is 0.781. The van der Waals surface area contributed by atoms with Gasteiger partial charge in [-0.2, -0.15) is 0 Å². The summed E-state index contributed by atoms with van der Waals surface area (Å²) in [6.07, 6.45) is 1.63. The van der Waals surface area contributed by atoms with Gasteiger partial charge in [-0.15, -0.1) is 11.3 Å². The quantitative estimate of drug-likeness (QED) is 0.669. The number of aliphatic imine (C=N–C) groups is 1. The first-order chi connectivity index (χ1) is 11.7. The molecule has 8 heteroatoms. The van der Waals surface area contributed by atoms with E-state index < -0.39 is 0 Å². The normalized spacial score (nSPS) is 16.6. The van der Waals surface area contributed by atoms with Crippen molar-refractivity contribution in [3.05, 3.63) is 33.6 Å². The number of aryl methyl sites for hydroxylation is 2. The average molecular weight is 348 g/mol. The summed E-state index contributed by atoms with van der Waals surface area (Å²) < 4.78 is 4.90. The van der Waals surface area contributed by atoms with Gasteiger partial charge in [0.05, 0.1) is 22.9 Å². The minimum Gasteiger partial charge on any atom is -0.364 e. The molecule has 0 saturated carbocycles. The summed E-state index contributed by atoms with van der Waals surface area (Å²) in [4.78, 5) is 14.9. The molecule has 0 aliphatic carbocycles. The highest BCUT2D eigenvalue weighted by atomic mass is 32.1. The van der Waals surface area contributed by atoms with Gasteiger partial charge in [0.15, 0.2) is 5.96 Å². The van der Waals surface area contributed by atoms with Crippen LogP contribution in [0, 0.1) is 13.8 Å². The van der Waals surface area contributed by atoms with E-state index in [0.29, 0.717) is 0 Å². The first-order valence-corrected chi connectivity index (χ1v) is 8.97. The highest BCUT2D eigenvalue weighted by Crippen LogP contribution is 2.16. The molecule has 0 aromatic carbocycles. The van der Waals surface area contributed by atoms with Crippen molar-refractivity contribution in [2.75, 3.05) is 33.2 Å². The molecule has 0 bridgehead atoms. The number of piperazine rings is 1. The predicted molar refractivity (Wildman–Crippen MR) is 95.1 cm³/mol. The van der Waals surface area contributed by atoms with Gasteiger partial charge >= 0.3 is 0 Å². The van der Waals surface area contributed by atoms with Crippen molar-refractivity contribution >= 4 is 17.3 Å². The number of rotatable bonds is 4. The number of guanidine groups is 1. The lowest BCUT2D eigenvalue weighted by molar-refractivity contribution is 0.169. The van der Waals surface area contributed by atoms with E-state index in [2.05, 4.69) is 37.2 Å². The molecule has 0 atom stereocenters. The second-order valence-corrected chi connectivity index (χ2v) is 7.18. The van der Waals surface area contributed by atoms with E-state index in [0.717, 1.165) is 61.6 Å². The molecule has 0 spiro atoms. The van der Waals surface area contributed by atoms with Gasteiger partial charge in [-0.3, -0.25) is 9.89 Å². The largest absolute Gasteiger partial charge is 0.364 e. The van der Waals surface area contributed by atoms with Gasteiger partial charge in [0.25, 0.3) is 0 Å². The molecular formula is C16H24N6OS. The highest BCUT2D eigenvalue weighted by molar-refractivity contribution is 7.11. The van der Waals surface area contributed by atoms with Crippen LogP contribution in [0.15, 0.2) is 21.8 Å². The van der Waals surface area contributed by atoms with Crippen LogP contribution in [0.4, 0.5) is 0 Å². The zero-order valence-corrected chi connectivity index (χ0v) is 15.3. The minimum atomic E-state index is 0.781. The van der Waals surface area contributed by atoms with E-state index in [9.17, 15) is 0 Å². The molecule has 24 heavy (non-hydrogen) atoms. The van der Waals surface area contributed by atoms with Crippen LogP contribution >= 0.6 is 11.3 Å². The molecule has 0 unspecified atom stereocenters. The van der Waals surface area contributed by atoms with Gasteiger partial charge in [0.1, 0.15) is 6.26 Å². The number of nitrogens with zero attached hydrogens (tertiary/aromatic N) is 5. The Morgan fingerprint density at radius 1 is 1.33 bits per heavy atom. The summed E-state index contributed by atoms with van der Waals surface area (Å²) in [5, 5.41) is 8.57. The highest BCUT2D eigenvalue weighted by Gasteiger charge is 2.20. The number of aromatic nitrogens is 2. The number of thiazole rings is 1. The third-order valence-electron chi connectivity index (χ3n) is 4.17. The Morgan fingerprint density at radius 3 is 2.71 bits per heavy atom. The van der Waals surface area contributed by atoms with Crippen LogP contribution in [0.25, 0.3) is 0 Å². The van der Waals surface area contributed by atoms with Gasteiger partial charge in [-0.05, 0) is 13.8 Å². The standard InChI is InChI=1S/C16H24N6OS/c1-12-15(24-13(2)19-12)10-18-16(17-3)22-7-5-21(6-8-22)11-14-4-9-23-20-14/h4,9H,5-8,10-11H2,1-3H3,(H,17,18). The molecule has 1 aliphatic heterocycles. The van der Waals surface area contributed by atoms with E-state index in [-0.39, 0.29) is 0 Å². The van der Waals surface area contributed by atoms with Gasteiger partial charge in [-0.1, -0.05) is 5.16 Å². The second kappa shape index (κ2) is 7.76. The SMILES string of the molecule is CN=C(NCc1sc(C)nc1C)N1CCN(Cc2ccon2)CC1. The summed E-state index contributed by atoms with van der Waals surface area (Å²) in [6, 6.07) is 1.92. The predicted octanol–water partition coefficient (Wildman–Crippen LogP) is 1.64. The van der Waals surface area contributed by atoms with Gasteiger partial charge in [-0.25, -0.2) is 4.98 Å². The van der Waals surface area contributed by atoms with Crippen molar-refractivity contribution in [1.29, 1.82) is 0 Å². The fraction of sp³-hybridized carbons (Fsp3) is 0.562. The first kappa shape index (κ1) is 16.9. The zero-order chi connectivity index (χ0) is 16.9. The van der Waals surface area contributed by atoms with Crippen LogP contribution < -0.4 is 5.32 Å². The molecule has 7 nitrogen and oxygen atoms in total. The van der Waals surface area contributed by atoms with E-state index in [1.54, 1.807) is 17.6 Å². The van der Waals surface area contributed by atoms with Gasteiger partial charge in [0, 0.05) is 50.7 Å². The average Bonchev–Trinajstić information content (AvgIpc) is 3.19. The van der Waals surface area contributed by atoms with Crippen molar-refractivity contribution < 1.29 is 4.52 Å². The summed E-state index contributed by atoms with van der Waals surface area (Å²) in [5.74, 6) is 0.960. The van der Waals surface area contributed by atoms with Crippen LogP contribution in [-0.4, -0.2) is 59.1 Å². The smallest absolute Gasteiger partial charge is 0.194 e. The van der Waals surface area contributed by atoms with Crippen LogP contribution in [-0.2, 0) is 13.1 Å². The Kier molecular flexibility index (Phi) is 5.47. The molecule has 2 aromatic rings. The number of hydrogen-bond acceptors (Lipinski definition) is 6. The molecule has 1 aliphatic rings. The lowest BCUT2D eigenvalue weighted by Gasteiger charge is -2.36. The molecule has 1 fully saturated rings. The maximum absolute atomic E-state index is 4.90. The molecule has 2 aromatic heterocycles. The Balaban J connectivity index is 1.49. The Bertz CT molecular complexity index is 673. The van der Waals surface area contributed by atoms with Crippen molar-refractivity contribution in [2.45, 2.75) is 26.9 Å². The molecule has 0 radical (unpaired) electrons. The molecular weight excluding hydrogens is 324 g/mol. The third kappa shape index (κ3) is 4.12. The Hall–Kier alpha value is -1.93. The molecule has 0 amide bonds.